The molecule has 4 rings (SSSR count). The molecule has 0 unspecified atom stereocenters. The van der Waals surface area contributed by atoms with Crippen LogP contribution in [-0.4, -0.2) is 15.6 Å². The molecule has 144 valence electrons. The van der Waals surface area contributed by atoms with Crippen LogP contribution in [0.5, 0.6) is 5.88 Å². The predicted molar refractivity (Wildman–Crippen MR) is 117 cm³/mol. The highest BCUT2D eigenvalue weighted by atomic mass is 79.9. The maximum Gasteiger partial charge on any atom is 0.295 e. The molecule has 0 aliphatic rings. The molecule has 0 saturated heterocycles. The smallest absolute Gasteiger partial charge is 0.295 e. The lowest BCUT2D eigenvalue weighted by Crippen LogP contribution is -1.99. The number of hydrogen-bond acceptors (Lipinski definition) is 3. The van der Waals surface area contributed by atoms with Crippen LogP contribution in [0.1, 0.15) is 15.9 Å². The van der Waals surface area contributed by atoms with E-state index in [1.54, 1.807) is 34.9 Å². The van der Waals surface area contributed by atoms with E-state index in [9.17, 15) is 9.90 Å². The minimum atomic E-state index is -0.480. The normalized spacial score (nSPS) is 11.4. The predicted octanol–water partition coefficient (Wildman–Crippen LogP) is 6.74. The minimum Gasteiger partial charge on any atom is -0.493 e. The van der Waals surface area contributed by atoms with Gasteiger partial charge in [-0.2, -0.15) is 0 Å². The third-order valence-corrected chi connectivity index (χ3v) is 5.38. The average Bonchev–Trinajstić information content (AvgIpc) is 2.99. The van der Waals surface area contributed by atoms with E-state index in [4.69, 9.17) is 11.6 Å². The summed E-state index contributed by atoms with van der Waals surface area (Å²) in [4.78, 5) is 12.3. The molecule has 0 atom stereocenters. The van der Waals surface area contributed by atoms with E-state index < -0.39 is 5.91 Å². The summed E-state index contributed by atoms with van der Waals surface area (Å²) in [5.41, 5.74) is 2.27. The number of fused-ring (bicyclic) bond motifs is 1. The average molecular weight is 469 g/mol. The molecule has 0 aliphatic carbocycles. The largest absolute Gasteiger partial charge is 0.493 e. The topological polar surface area (TPSA) is 66.9 Å². The van der Waals surface area contributed by atoms with Gasteiger partial charge in [0.1, 0.15) is 0 Å². The molecule has 1 amide bonds. The maximum atomic E-state index is 12.3. The minimum absolute atomic E-state index is 0.0809. The third kappa shape index (κ3) is 3.95. The highest BCUT2D eigenvalue weighted by Crippen LogP contribution is 2.41. The molecule has 4 aromatic rings. The second kappa shape index (κ2) is 8.19. The molecule has 1 N–H and O–H groups in total. The van der Waals surface area contributed by atoms with E-state index in [0.717, 1.165) is 15.6 Å². The van der Waals surface area contributed by atoms with Crippen molar-refractivity contribution in [1.82, 2.24) is 4.57 Å². The second-order valence-corrected chi connectivity index (χ2v) is 7.71. The Bertz CT molecular complexity index is 1240. The van der Waals surface area contributed by atoms with Gasteiger partial charge >= 0.3 is 0 Å². The zero-order valence-electron chi connectivity index (χ0n) is 15.1. The summed E-state index contributed by atoms with van der Waals surface area (Å²) in [5.74, 6) is -0.561. The SMILES string of the molecule is O=C(N=Nc1c(O)n(Cc2ccccc2Cl)c2ccc(Br)cc12)c1ccccc1. The van der Waals surface area contributed by atoms with Crippen LogP contribution in [0.2, 0.25) is 5.02 Å². The Kier molecular flexibility index (Phi) is 5.47. The molecule has 0 saturated carbocycles. The van der Waals surface area contributed by atoms with Crippen molar-refractivity contribution in [1.29, 1.82) is 0 Å². The fourth-order valence-electron chi connectivity index (χ4n) is 3.09. The monoisotopic (exact) mass is 467 g/mol. The number of benzene rings is 3. The van der Waals surface area contributed by atoms with Crippen LogP contribution in [-0.2, 0) is 6.54 Å². The zero-order valence-corrected chi connectivity index (χ0v) is 17.4. The summed E-state index contributed by atoms with van der Waals surface area (Å²) in [5, 5.41) is 20.1. The first kappa shape index (κ1) is 19.4. The van der Waals surface area contributed by atoms with Crippen molar-refractivity contribution >= 4 is 50.0 Å². The number of halogens is 2. The first-order chi connectivity index (χ1) is 14.0. The van der Waals surface area contributed by atoms with Crippen molar-refractivity contribution in [2.24, 2.45) is 10.2 Å². The molecule has 1 aromatic heterocycles. The van der Waals surface area contributed by atoms with Crippen LogP contribution in [0.15, 0.2) is 87.5 Å². The maximum absolute atomic E-state index is 12.3. The molecule has 7 heteroatoms. The molecule has 0 radical (unpaired) electrons. The Morgan fingerprint density at radius 3 is 2.52 bits per heavy atom. The fraction of sp³-hybridized carbons (Fsp3) is 0.0455. The first-order valence-corrected chi connectivity index (χ1v) is 9.97. The van der Waals surface area contributed by atoms with E-state index >= 15 is 0 Å². The van der Waals surface area contributed by atoms with Crippen LogP contribution >= 0.6 is 27.5 Å². The van der Waals surface area contributed by atoms with Crippen molar-refractivity contribution in [3.63, 3.8) is 0 Å². The molecule has 0 fully saturated rings. The standard InChI is InChI=1S/C22H15BrClN3O2/c23-16-10-11-19-17(12-16)20(25-26-21(28)14-6-2-1-3-7-14)22(29)27(19)13-15-8-4-5-9-18(15)24/h1-12,29H,13H2. The Morgan fingerprint density at radius 2 is 1.76 bits per heavy atom. The van der Waals surface area contributed by atoms with Gasteiger partial charge in [-0.3, -0.25) is 4.79 Å². The van der Waals surface area contributed by atoms with E-state index in [1.807, 2.05) is 42.5 Å². The van der Waals surface area contributed by atoms with Gasteiger partial charge in [-0.15, -0.1) is 10.2 Å². The Hall–Kier alpha value is -2.96. The van der Waals surface area contributed by atoms with Gasteiger partial charge in [0.15, 0.2) is 5.69 Å². The lowest BCUT2D eigenvalue weighted by Gasteiger charge is -2.08. The highest BCUT2D eigenvalue weighted by Gasteiger charge is 2.18. The zero-order chi connectivity index (χ0) is 20.4. The lowest BCUT2D eigenvalue weighted by molar-refractivity contribution is 0.0995. The molecule has 1 heterocycles. The quantitative estimate of drug-likeness (QED) is 0.337. The van der Waals surface area contributed by atoms with Crippen LogP contribution in [0.3, 0.4) is 0 Å². The number of hydrogen-bond donors (Lipinski definition) is 1. The van der Waals surface area contributed by atoms with Gasteiger partial charge in [0, 0.05) is 20.4 Å². The van der Waals surface area contributed by atoms with Crippen LogP contribution in [0, 0.1) is 0 Å². The van der Waals surface area contributed by atoms with E-state index in [-0.39, 0.29) is 11.6 Å². The molecule has 3 aromatic carbocycles. The van der Waals surface area contributed by atoms with Gasteiger partial charge in [-0.05, 0) is 42.0 Å². The second-order valence-electron chi connectivity index (χ2n) is 6.38. The van der Waals surface area contributed by atoms with Crippen molar-refractivity contribution in [2.75, 3.05) is 0 Å². The van der Waals surface area contributed by atoms with Crippen LogP contribution < -0.4 is 0 Å². The molecule has 0 spiro atoms. The van der Waals surface area contributed by atoms with Gasteiger partial charge in [-0.1, -0.05) is 63.9 Å². The van der Waals surface area contributed by atoms with Crippen molar-refractivity contribution in [3.05, 3.63) is 93.4 Å². The highest BCUT2D eigenvalue weighted by molar-refractivity contribution is 9.10. The number of rotatable bonds is 4. The van der Waals surface area contributed by atoms with Gasteiger partial charge in [-0.25, -0.2) is 0 Å². The number of azo groups is 1. The molecule has 0 bridgehead atoms. The van der Waals surface area contributed by atoms with E-state index in [2.05, 4.69) is 26.2 Å². The number of carbonyl (C=O) groups is 1. The van der Waals surface area contributed by atoms with Crippen molar-refractivity contribution in [3.8, 4) is 5.88 Å². The molecule has 0 aliphatic heterocycles. The number of aromatic hydroxyl groups is 1. The van der Waals surface area contributed by atoms with Gasteiger partial charge < -0.3 is 9.67 Å². The molecule has 5 nitrogen and oxygen atoms in total. The Labute approximate surface area is 180 Å². The Balaban J connectivity index is 1.79. The summed E-state index contributed by atoms with van der Waals surface area (Å²) in [6, 6.07) is 21.7. The molecule has 29 heavy (non-hydrogen) atoms. The van der Waals surface area contributed by atoms with Crippen LogP contribution in [0.25, 0.3) is 10.9 Å². The van der Waals surface area contributed by atoms with Gasteiger partial charge in [0.05, 0.1) is 12.1 Å². The van der Waals surface area contributed by atoms with Crippen molar-refractivity contribution < 1.29 is 9.90 Å². The van der Waals surface area contributed by atoms with Gasteiger partial charge in [0.25, 0.3) is 5.91 Å². The fourth-order valence-corrected chi connectivity index (χ4v) is 3.64. The number of nitrogens with zero attached hydrogens (tertiary/aromatic N) is 3. The van der Waals surface area contributed by atoms with Crippen molar-refractivity contribution in [2.45, 2.75) is 6.54 Å². The van der Waals surface area contributed by atoms with Crippen LogP contribution in [0.4, 0.5) is 5.69 Å². The summed E-state index contributed by atoms with van der Waals surface area (Å²) in [6.45, 7) is 0.353. The summed E-state index contributed by atoms with van der Waals surface area (Å²) in [7, 11) is 0. The first-order valence-electron chi connectivity index (χ1n) is 8.80. The molecular formula is C22H15BrClN3O2. The number of amides is 1. The summed E-state index contributed by atoms with van der Waals surface area (Å²) in [6.07, 6.45) is 0. The summed E-state index contributed by atoms with van der Waals surface area (Å²) >= 11 is 9.74. The third-order valence-electron chi connectivity index (χ3n) is 4.52. The molecular weight excluding hydrogens is 454 g/mol. The number of carbonyl (C=O) groups excluding carboxylic acids is 1. The lowest BCUT2D eigenvalue weighted by atomic mass is 10.2. The summed E-state index contributed by atoms with van der Waals surface area (Å²) < 4.78 is 2.52. The number of aromatic nitrogens is 1. The Morgan fingerprint density at radius 1 is 1.03 bits per heavy atom. The van der Waals surface area contributed by atoms with Gasteiger partial charge in [0.2, 0.25) is 5.88 Å². The van der Waals surface area contributed by atoms with E-state index in [0.29, 0.717) is 22.5 Å². The van der Waals surface area contributed by atoms with E-state index in [1.165, 1.54) is 0 Å².